The summed E-state index contributed by atoms with van der Waals surface area (Å²) in [6.45, 7) is 8.66. The van der Waals surface area contributed by atoms with Crippen molar-refractivity contribution in [2.75, 3.05) is 6.61 Å². The van der Waals surface area contributed by atoms with Gasteiger partial charge in [0.25, 0.3) is 0 Å². The van der Waals surface area contributed by atoms with Crippen LogP contribution in [0.5, 0.6) is 0 Å². The molecule has 1 aromatic heterocycles. The third-order valence-electron chi connectivity index (χ3n) is 3.50. The van der Waals surface area contributed by atoms with E-state index in [-0.39, 0.29) is 0 Å². The zero-order valence-electron chi connectivity index (χ0n) is 11.2. The largest absolute Gasteiger partial charge is 0.385 e. The van der Waals surface area contributed by atoms with Crippen molar-refractivity contribution in [2.45, 2.75) is 52.2 Å². The topological polar surface area (TPSA) is 42.4 Å². The van der Waals surface area contributed by atoms with Crippen LogP contribution in [0.2, 0.25) is 0 Å². The molecular formula is C14H23NO2. The Bertz CT molecular complexity index is 348. The number of aryl methyl sites for hydroxylation is 1. The number of hydrogen-bond acceptors (Lipinski definition) is 3. The molecule has 1 N–H and O–H groups in total. The van der Waals surface area contributed by atoms with E-state index in [1.807, 2.05) is 33.8 Å². The first kappa shape index (κ1) is 14.1. The first-order valence-electron chi connectivity index (χ1n) is 6.33. The lowest BCUT2D eigenvalue weighted by molar-refractivity contribution is -0.127. The average Bonchev–Trinajstić information content (AvgIpc) is 2.36. The summed E-state index contributed by atoms with van der Waals surface area (Å²) in [6, 6.07) is 1.92. The molecule has 0 aromatic carbocycles. The third-order valence-corrected chi connectivity index (χ3v) is 3.50. The van der Waals surface area contributed by atoms with Crippen LogP contribution >= 0.6 is 0 Å². The lowest BCUT2D eigenvalue weighted by Crippen LogP contribution is -2.38. The summed E-state index contributed by atoms with van der Waals surface area (Å²) in [5, 5.41) is 10.6. The van der Waals surface area contributed by atoms with Gasteiger partial charge in [0.2, 0.25) is 0 Å². The Morgan fingerprint density at radius 1 is 1.35 bits per heavy atom. The Kier molecular flexibility index (Phi) is 5.09. The fourth-order valence-corrected chi connectivity index (χ4v) is 2.25. The van der Waals surface area contributed by atoms with Crippen LogP contribution in [0.15, 0.2) is 18.5 Å². The summed E-state index contributed by atoms with van der Waals surface area (Å²) in [6.07, 6.45) is 4.43. The molecule has 0 bridgehead atoms. The molecule has 0 radical (unpaired) electrons. The minimum atomic E-state index is -0.619. The number of aliphatic hydroxyl groups is 1. The first-order valence-corrected chi connectivity index (χ1v) is 6.33. The highest BCUT2D eigenvalue weighted by atomic mass is 16.5. The summed E-state index contributed by atoms with van der Waals surface area (Å²) in [4.78, 5) is 4.09. The van der Waals surface area contributed by atoms with Crippen LogP contribution in [-0.4, -0.2) is 22.3 Å². The van der Waals surface area contributed by atoms with E-state index in [1.54, 1.807) is 12.4 Å². The minimum absolute atomic E-state index is 0.497. The van der Waals surface area contributed by atoms with Crippen LogP contribution in [0, 0.1) is 6.92 Å². The summed E-state index contributed by atoms with van der Waals surface area (Å²) >= 11 is 0. The Labute approximate surface area is 104 Å². The second kappa shape index (κ2) is 6.12. The Hall–Kier alpha value is -0.930. The van der Waals surface area contributed by atoms with Gasteiger partial charge in [-0.05, 0) is 38.3 Å². The van der Waals surface area contributed by atoms with Crippen LogP contribution < -0.4 is 0 Å². The standard InChI is InChI=1S/C14H23NO2/c1-5-14(6-2,17-7-3)13(16)12-10-15-9-8-11(12)4/h8-10,13,16H,5-7H2,1-4H3. The van der Waals surface area contributed by atoms with E-state index in [2.05, 4.69) is 4.98 Å². The van der Waals surface area contributed by atoms with Crippen LogP contribution in [0.3, 0.4) is 0 Å². The van der Waals surface area contributed by atoms with Crippen molar-refractivity contribution in [2.24, 2.45) is 0 Å². The molecule has 0 saturated heterocycles. The van der Waals surface area contributed by atoms with Gasteiger partial charge in [-0.3, -0.25) is 4.98 Å². The smallest absolute Gasteiger partial charge is 0.110 e. The summed E-state index contributed by atoms with van der Waals surface area (Å²) < 4.78 is 5.82. The number of aromatic nitrogens is 1. The maximum absolute atomic E-state index is 10.6. The van der Waals surface area contributed by atoms with Crippen LogP contribution in [0.25, 0.3) is 0 Å². The number of aliphatic hydroxyl groups excluding tert-OH is 1. The van der Waals surface area contributed by atoms with Crippen molar-refractivity contribution >= 4 is 0 Å². The lowest BCUT2D eigenvalue weighted by Gasteiger charge is -2.36. The quantitative estimate of drug-likeness (QED) is 0.827. The van der Waals surface area contributed by atoms with Gasteiger partial charge in [-0.15, -0.1) is 0 Å². The van der Waals surface area contributed by atoms with E-state index < -0.39 is 11.7 Å². The highest BCUT2D eigenvalue weighted by molar-refractivity contribution is 5.26. The molecule has 3 heteroatoms. The van der Waals surface area contributed by atoms with E-state index >= 15 is 0 Å². The second-order valence-electron chi connectivity index (χ2n) is 4.34. The molecule has 17 heavy (non-hydrogen) atoms. The van der Waals surface area contributed by atoms with E-state index in [1.165, 1.54) is 0 Å². The molecule has 1 aromatic rings. The lowest BCUT2D eigenvalue weighted by atomic mass is 9.85. The number of ether oxygens (including phenoxy) is 1. The zero-order chi connectivity index (χ0) is 12.9. The van der Waals surface area contributed by atoms with Crippen molar-refractivity contribution in [3.05, 3.63) is 29.6 Å². The molecule has 0 aliphatic heterocycles. The van der Waals surface area contributed by atoms with Crippen LogP contribution in [-0.2, 0) is 4.74 Å². The van der Waals surface area contributed by atoms with Crippen molar-refractivity contribution < 1.29 is 9.84 Å². The van der Waals surface area contributed by atoms with Crippen LogP contribution in [0.1, 0.15) is 50.8 Å². The van der Waals surface area contributed by atoms with Gasteiger partial charge < -0.3 is 9.84 Å². The number of nitrogens with zero attached hydrogens (tertiary/aromatic N) is 1. The third kappa shape index (κ3) is 2.85. The molecule has 0 spiro atoms. The van der Waals surface area contributed by atoms with E-state index in [4.69, 9.17) is 4.74 Å². The maximum Gasteiger partial charge on any atom is 0.110 e. The molecule has 1 unspecified atom stereocenters. The van der Waals surface area contributed by atoms with Crippen molar-refractivity contribution in [1.29, 1.82) is 0 Å². The Balaban J connectivity index is 3.07. The van der Waals surface area contributed by atoms with Gasteiger partial charge in [0, 0.05) is 24.6 Å². The molecule has 1 heterocycles. The predicted octanol–water partition coefficient (Wildman–Crippen LogP) is 3.02. The Morgan fingerprint density at radius 3 is 2.47 bits per heavy atom. The molecule has 0 amide bonds. The Morgan fingerprint density at radius 2 is 2.00 bits per heavy atom. The van der Waals surface area contributed by atoms with Crippen molar-refractivity contribution in [3.63, 3.8) is 0 Å². The van der Waals surface area contributed by atoms with Crippen LogP contribution in [0.4, 0.5) is 0 Å². The monoisotopic (exact) mass is 237 g/mol. The van der Waals surface area contributed by atoms with E-state index in [0.29, 0.717) is 6.61 Å². The molecule has 0 aliphatic carbocycles. The van der Waals surface area contributed by atoms with Crippen molar-refractivity contribution in [1.82, 2.24) is 4.98 Å². The average molecular weight is 237 g/mol. The SMILES string of the molecule is CCOC(CC)(CC)C(O)c1cnccc1C. The molecule has 96 valence electrons. The molecule has 0 saturated carbocycles. The highest BCUT2D eigenvalue weighted by Gasteiger charge is 2.37. The fraction of sp³-hybridized carbons (Fsp3) is 0.643. The first-order chi connectivity index (χ1) is 8.11. The van der Waals surface area contributed by atoms with Gasteiger partial charge in [0.05, 0.1) is 5.60 Å². The molecular weight excluding hydrogens is 214 g/mol. The molecule has 1 rings (SSSR count). The van der Waals surface area contributed by atoms with E-state index in [0.717, 1.165) is 24.0 Å². The van der Waals surface area contributed by atoms with E-state index in [9.17, 15) is 5.11 Å². The number of pyridine rings is 1. The predicted molar refractivity (Wildman–Crippen MR) is 68.9 cm³/mol. The van der Waals surface area contributed by atoms with Gasteiger partial charge in [-0.25, -0.2) is 0 Å². The normalized spacial score (nSPS) is 13.7. The molecule has 1 atom stereocenters. The number of hydrogen-bond donors (Lipinski definition) is 1. The minimum Gasteiger partial charge on any atom is -0.385 e. The molecule has 3 nitrogen and oxygen atoms in total. The van der Waals surface area contributed by atoms with Gasteiger partial charge in [0.15, 0.2) is 0 Å². The van der Waals surface area contributed by atoms with Gasteiger partial charge in [-0.1, -0.05) is 13.8 Å². The molecule has 0 aliphatic rings. The highest BCUT2D eigenvalue weighted by Crippen LogP contribution is 2.36. The second-order valence-corrected chi connectivity index (χ2v) is 4.34. The summed E-state index contributed by atoms with van der Waals surface area (Å²) in [7, 11) is 0. The molecule has 0 fully saturated rings. The summed E-state index contributed by atoms with van der Waals surface area (Å²) in [5.41, 5.74) is 1.42. The maximum atomic E-state index is 10.6. The zero-order valence-corrected chi connectivity index (χ0v) is 11.2. The number of rotatable bonds is 6. The van der Waals surface area contributed by atoms with Gasteiger partial charge in [-0.2, -0.15) is 0 Å². The van der Waals surface area contributed by atoms with Gasteiger partial charge >= 0.3 is 0 Å². The van der Waals surface area contributed by atoms with Crippen molar-refractivity contribution in [3.8, 4) is 0 Å². The fourth-order valence-electron chi connectivity index (χ4n) is 2.25. The summed E-state index contributed by atoms with van der Waals surface area (Å²) in [5.74, 6) is 0. The van der Waals surface area contributed by atoms with Gasteiger partial charge in [0.1, 0.15) is 6.10 Å².